The average molecular weight is 522 g/mol. The molecule has 0 aliphatic carbocycles. The predicted molar refractivity (Wildman–Crippen MR) is 144 cm³/mol. The van der Waals surface area contributed by atoms with Crippen molar-refractivity contribution < 1.29 is 8.42 Å². The molecule has 5 heterocycles. The molecule has 0 atom stereocenters. The van der Waals surface area contributed by atoms with E-state index in [1.807, 2.05) is 38.6 Å². The lowest BCUT2D eigenvalue weighted by atomic mass is 10.0. The van der Waals surface area contributed by atoms with Gasteiger partial charge in [-0.25, -0.2) is 23.4 Å². The number of aromatic nitrogens is 6. The normalized spacial score (nSPS) is 14.5. The Morgan fingerprint density at radius 1 is 1.11 bits per heavy atom. The van der Waals surface area contributed by atoms with E-state index in [9.17, 15) is 8.42 Å². The molecule has 4 aromatic heterocycles. The summed E-state index contributed by atoms with van der Waals surface area (Å²) in [5.41, 5.74) is 3.67. The largest absolute Gasteiger partial charge is 0.366 e. The number of nitrogens with one attached hydrogen (secondary N) is 1. The molecule has 1 fully saturated rings. The van der Waals surface area contributed by atoms with Gasteiger partial charge in [-0.2, -0.15) is 9.40 Å². The Labute approximate surface area is 216 Å². The summed E-state index contributed by atoms with van der Waals surface area (Å²) in [6, 6.07) is 3.74. The second kappa shape index (κ2) is 9.34. The van der Waals surface area contributed by atoms with Crippen LogP contribution in [0.4, 0.5) is 17.3 Å². The van der Waals surface area contributed by atoms with Gasteiger partial charge in [0.05, 0.1) is 41.1 Å². The van der Waals surface area contributed by atoms with Crippen molar-refractivity contribution >= 4 is 38.1 Å². The molecule has 0 bridgehead atoms. The van der Waals surface area contributed by atoms with E-state index in [4.69, 9.17) is 4.98 Å². The summed E-state index contributed by atoms with van der Waals surface area (Å²) in [5, 5.41) is 9.68. The van der Waals surface area contributed by atoms with Crippen molar-refractivity contribution in [3.63, 3.8) is 0 Å². The first-order chi connectivity index (χ1) is 17.5. The number of hydrogen-bond acceptors (Lipinski definition) is 9. The molecule has 194 valence electrons. The second-order valence-corrected chi connectivity index (χ2v) is 11.9. The zero-order valence-corrected chi connectivity index (χ0v) is 22.7. The van der Waals surface area contributed by atoms with Crippen molar-refractivity contribution in [2.45, 2.75) is 32.7 Å². The monoisotopic (exact) mass is 521 g/mol. The maximum atomic E-state index is 11.9. The van der Waals surface area contributed by atoms with Crippen molar-refractivity contribution in [1.82, 2.24) is 34.0 Å². The Hall–Kier alpha value is -3.64. The quantitative estimate of drug-likeness (QED) is 0.391. The maximum absolute atomic E-state index is 11.9. The molecule has 5 rings (SSSR count). The van der Waals surface area contributed by atoms with Crippen molar-refractivity contribution in [1.29, 1.82) is 0 Å². The molecule has 12 heteroatoms. The first-order valence-electron chi connectivity index (χ1n) is 12.1. The third-order valence-corrected chi connectivity index (χ3v) is 8.08. The molecule has 1 N–H and O–H groups in total. The summed E-state index contributed by atoms with van der Waals surface area (Å²) in [6.45, 7) is 7.38. The fraction of sp³-hybridized carbons (Fsp3) is 0.400. The number of hydrogen-bond donors (Lipinski definition) is 1. The first kappa shape index (κ1) is 25.0. The van der Waals surface area contributed by atoms with Gasteiger partial charge in [-0.3, -0.25) is 9.67 Å². The van der Waals surface area contributed by atoms with Crippen LogP contribution in [0.2, 0.25) is 0 Å². The molecular formula is C25H31N9O2S. The van der Waals surface area contributed by atoms with Crippen molar-refractivity contribution in [2.24, 2.45) is 7.05 Å². The summed E-state index contributed by atoms with van der Waals surface area (Å²) >= 11 is 0. The van der Waals surface area contributed by atoms with Gasteiger partial charge in [0.15, 0.2) is 5.82 Å². The fourth-order valence-corrected chi connectivity index (χ4v) is 5.26. The number of aryl methyl sites for hydroxylation is 2. The van der Waals surface area contributed by atoms with Gasteiger partial charge in [0.25, 0.3) is 0 Å². The molecule has 1 saturated heterocycles. The van der Waals surface area contributed by atoms with Crippen LogP contribution in [0.25, 0.3) is 22.2 Å². The number of fused-ring (bicyclic) bond motifs is 1. The molecule has 0 unspecified atom stereocenters. The van der Waals surface area contributed by atoms with Crippen LogP contribution in [0.15, 0.2) is 36.9 Å². The summed E-state index contributed by atoms with van der Waals surface area (Å²) in [7, 11) is 0.269. The molecule has 1 aliphatic heterocycles. The third kappa shape index (κ3) is 4.86. The predicted octanol–water partition coefficient (Wildman–Crippen LogP) is 3.08. The molecule has 11 nitrogen and oxygen atoms in total. The van der Waals surface area contributed by atoms with Gasteiger partial charge < -0.3 is 10.2 Å². The summed E-state index contributed by atoms with van der Waals surface area (Å²) < 4.78 is 27.0. The molecule has 0 spiro atoms. The van der Waals surface area contributed by atoms with Gasteiger partial charge in [0, 0.05) is 56.5 Å². The van der Waals surface area contributed by atoms with Gasteiger partial charge in [0.1, 0.15) is 11.6 Å². The van der Waals surface area contributed by atoms with E-state index in [2.05, 4.69) is 44.1 Å². The standard InChI is InChI=1S/C25H31N9O2S/c1-15(2)24-18-9-23(29-22-7-8-26-25(30-22)20-14-32(4)31-16(20)3)27-10-19(18)21(11-28-24)34-12-17(13-34)33(5)37(6,35)36/h7-11,14-15,17H,12-13H2,1-6H3,(H,26,27,29,30). The van der Waals surface area contributed by atoms with Crippen molar-refractivity contribution in [3.8, 4) is 11.4 Å². The smallest absolute Gasteiger partial charge is 0.211 e. The minimum atomic E-state index is -3.23. The number of anilines is 3. The van der Waals surface area contributed by atoms with E-state index in [0.717, 1.165) is 33.4 Å². The van der Waals surface area contributed by atoms with Crippen LogP contribution in [0.5, 0.6) is 0 Å². The number of sulfonamides is 1. The van der Waals surface area contributed by atoms with Crippen LogP contribution >= 0.6 is 0 Å². The van der Waals surface area contributed by atoms with Crippen molar-refractivity contribution in [3.05, 3.63) is 48.3 Å². The second-order valence-electron chi connectivity index (χ2n) is 9.83. The maximum Gasteiger partial charge on any atom is 0.211 e. The fourth-order valence-electron chi connectivity index (χ4n) is 4.58. The minimum Gasteiger partial charge on any atom is -0.366 e. The zero-order chi connectivity index (χ0) is 26.5. The molecule has 0 amide bonds. The molecule has 1 aliphatic rings. The number of likely N-dealkylation sites (N-methyl/N-ethyl adjacent to an activating group) is 1. The van der Waals surface area contributed by atoms with Crippen LogP contribution in [0.1, 0.15) is 31.2 Å². The Balaban J connectivity index is 1.45. The lowest BCUT2D eigenvalue weighted by Crippen LogP contribution is -2.59. The zero-order valence-electron chi connectivity index (χ0n) is 21.8. The first-order valence-corrected chi connectivity index (χ1v) is 13.9. The van der Waals surface area contributed by atoms with Crippen LogP contribution < -0.4 is 10.2 Å². The Bertz CT molecular complexity index is 1580. The highest BCUT2D eigenvalue weighted by Gasteiger charge is 2.35. The third-order valence-electron chi connectivity index (χ3n) is 6.74. The Kier molecular flexibility index (Phi) is 6.32. The van der Waals surface area contributed by atoms with E-state index in [1.165, 1.54) is 10.6 Å². The van der Waals surface area contributed by atoms with Gasteiger partial charge in [-0.15, -0.1) is 0 Å². The molecule has 4 aromatic rings. The molecule has 0 radical (unpaired) electrons. The van der Waals surface area contributed by atoms with E-state index in [1.54, 1.807) is 24.0 Å². The van der Waals surface area contributed by atoms with Crippen LogP contribution in [0, 0.1) is 6.92 Å². The van der Waals surface area contributed by atoms with Crippen LogP contribution in [-0.4, -0.2) is 74.9 Å². The highest BCUT2D eigenvalue weighted by molar-refractivity contribution is 7.88. The highest BCUT2D eigenvalue weighted by Crippen LogP contribution is 2.35. The minimum absolute atomic E-state index is 0.0564. The van der Waals surface area contributed by atoms with Gasteiger partial charge >= 0.3 is 0 Å². The number of nitrogens with zero attached hydrogens (tertiary/aromatic N) is 8. The van der Waals surface area contributed by atoms with Gasteiger partial charge in [-0.1, -0.05) is 13.8 Å². The summed E-state index contributed by atoms with van der Waals surface area (Å²) in [4.78, 5) is 20.7. The molecule has 0 saturated carbocycles. The van der Waals surface area contributed by atoms with Crippen LogP contribution in [-0.2, 0) is 17.1 Å². The van der Waals surface area contributed by atoms with Gasteiger partial charge in [-0.05, 0) is 25.0 Å². The Morgan fingerprint density at radius 3 is 2.51 bits per heavy atom. The number of rotatable bonds is 7. The summed E-state index contributed by atoms with van der Waals surface area (Å²) in [5.74, 6) is 2.09. The lowest BCUT2D eigenvalue weighted by molar-refractivity contribution is 0.313. The molecular weight excluding hydrogens is 490 g/mol. The van der Waals surface area contributed by atoms with Crippen LogP contribution in [0.3, 0.4) is 0 Å². The Morgan fingerprint density at radius 2 is 1.86 bits per heavy atom. The molecule has 0 aromatic carbocycles. The van der Waals surface area contributed by atoms with Gasteiger partial charge in [0.2, 0.25) is 10.0 Å². The molecule has 37 heavy (non-hydrogen) atoms. The summed E-state index contributed by atoms with van der Waals surface area (Å²) in [6.07, 6.45) is 8.57. The van der Waals surface area contributed by atoms with E-state index < -0.39 is 10.0 Å². The van der Waals surface area contributed by atoms with E-state index >= 15 is 0 Å². The van der Waals surface area contributed by atoms with E-state index in [-0.39, 0.29) is 12.0 Å². The highest BCUT2D eigenvalue weighted by atomic mass is 32.2. The van der Waals surface area contributed by atoms with E-state index in [0.29, 0.717) is 30.5 Å². The lowest BCUT2D eigenvalue weighted by Gasteiger charge is -2.44. The topological polar surface area (TPSA) is 122 Å². The van der Waals surface area contributed by atoms with Crippen molar-refractivity contribution in [2.75, 3.05) is 36.6 Å². The average Bonchev–Trinajstić information content (AvgIpc) is 3.15. The SMILES string of the molecule is Cc1nn(C)cc1-c1nccc(Nc2cc3c(C(C)C)ncc(N4CC(N(C)S(C)(=O)=O)C4)c3cn2)n1. The number of pyridine rings is 2.